The molecule has 2 atom stereocenters. The van der Waals surface area contributed by atoms with Crippen LogP contribution in [0, 0.1) is 17.5 Å². The monoisotopic (exact) mass is 428 g/mol. The Hall–Kier alpha value is -3.09. The number of benzene rings is 2. The third-order valence-corrected chi connectivity index (χ3v) is 6.41. The van der Waals surface area contributed by atoms with Gasteiger partial charge < -0.3 is 10.2 Å². The van der Waals surface area contributed by atoms with Gasteiger partial charge in [-0.05, 0) is 48.6 Å². The van der Waals surface area contributed by atoms with Gasteiger partial charge in [0.15, 0.2) is 17.5 Å². The highest BCUT2D eigenvalue weighted by Crippen LogP contribution is 2.43. The molecule has 7 heteroatoms. The second-order valence-corrected chi connectivity index (χ2v) is 8.20. The molecular formula is C24H23F3N2O2. The summed E-state index contributed by atoms with van der Waals surface area (Å²) in [5.41, 5.74) is 0.405. The summed E-state index contributed by atoms with van der Waals surface area (Å²) in [6.07, 6.45) is 2.72. The molecule has 1 saturated carbocycles. The van der Waals surface area contributed by atoms with E-state index in [4.69, 9.17) is 0 Å². The maximum atomic E-state index is 13.6. The van der Waals surface area contributed by atoms with E-state index < -0.39 is 22.9 Å². The van der Waals surface area contributed by atoms with Crippen LogP contribution >= 0.6 is 0 Å². The van der Waals surface area contributed by atoms with Crippen LogP contribution in [0.2, 0.25) is 0 Å². The second kappa shape index (κ2) is 8.21. The Balaban J connectivity index is 1.52. The van der Waals surface area contributed by atoms with E-state index in [1.54, 1.807) is 4.90 Å². The molecule has 31 heavy (non-hydrogen) atoms. The van der Waals surface area contributed by atoms with Gasteiger partial charge in [0.1, 0.15) is 0 Å². The second-order valence-electron chi connectivity index (χ2n) is 8.20. The number of likely N-dealkylation sites (tertiary alicyclic amines) is 1. The third kappa shape index (κ3) is 3.96. The average Bonchev–Trinajstić information content (AvgIpc) is 3.56. The zero-order valence-electron chi connectivity index (χ0n) is 16.9. The quantitative estimate of drug-likeness (QED) is 0.582. The molecule has 2 aromatic carbocycles. The summed E-state index contributed by atoms with van der Waals surface area (Å²) in [7, 11) is 0. The molecule has 1 N–H and O–H groups in total. The summed E-state index contributed by atoms with van der Waals surface area (Å²) in [5, 5.41) is 3.02. The highest BCUT2D eigenvalue weighted by Gasteiger charge is 2.47. The van der Waals surface area contributed by atoms with Gasteiger partial charge in [0.05, 0.1) is 5.41 Å². The predicted octanol–water partition coefficient (Wildman–Crippen LogP) is 3.82. The van der Waals surface area contributed by atoms with Crippen molar-refractivity contribution in [2.45, 2.75) is 36.6 Å². The summed E-state index contributed by atoms with van der Waals surface area (Å²) in [5.74, 6) is -4.54. The van der Waals surface area contributed by atoms with Gasteiger partial charge in [0, 0.05) is 25.0 Å². The third-order valence-electron chi connectivity index (χ3n) is 6.41. The summed E-state index contributed by atoms with van der Waals surface area (Å²) in [4.78, 5) is 27.1. The number of amides is 2. The van der Waals surface area contributed by atoms with Gasteiger partial charge in [-0.25, -0.2) is 13.2 Å². The Morgan fingerprint density at radius 3 is 2.26 bits per heavy atom. The molecule has 0 unspecified atom stereocenters. The van der Waals surface area contributed by atoms with Crippen molar-refractivity contribution in [3.63, 3.8) is 0 Å². The van der Waals surface area contributed by atoms with E-state index >= 15 is 0 Å². The summed E-state index contributed by atoms with van der Waals surface area (Å²) < 4.78 is 40.4. The molecule has 1 heterocycles. The molecule has 162 valence electrons. The van der Waals surface area contributed by atoms with Crippen molar-refractivity contribution >= 4 is 11.8 Å². The molecular weight excluding hydrogens is 405 g/mol. The Bertz CT molecular complexity index is 994. The van der Waals surface area contributed by atoms with E-state index in [1.165, 1.54) is 6.08 Å². The molecule has 0 radical (unpaired) electrons. The van der Waals surface area contributed by atoms with Gasteiger partial charge in [-0.15, -0.1) is 0 Å². The molecule has 4 rings (SSSR count). The Morgan fingerprint density at radius 2 is 1.68 bits per heavy atom. The number of carbonyl (C=O) groups is 2. The molecule has 2 aromatic rings. The van der Waals surface area contributed by atoms with Gasteiger partial charge in [0.2, 0.25) is 11.8 Å². The van der Waals surface area contributed by atoms with E-state index in [-0.39, 0.29) is 23.8 Å². The summed E-state index contributed by atoms with van der Waals surface area (Å²) >= 11 is 0. The largest absolute Gasteiger partial charge is 0.352 e. The van der Waals surface area contributed by atoms with Gasteiger partial charge in [-0.1, -0.05) is 36.9 Å². The minimum atomic E-state index is -1.49. The van der Waals surface area contributed by atoms with Crippen molar-refractivity contribution < 1.29 is 22.8 Å². The number of hydrogen-bond donors (Lipinski definition) is 1. The van der Waals surface area contributed by atoms with Gasteiger partial charge in [-0.3, -0.25) is 9.59 Å². The van der Waals surface area contributed by atoms with E-state index in [1.807, 2.05) is 30.3 Å². The lowest BCUT2D eigenvalue weighted by atomic mass is 9.72. The lowest BCUT2D eigenvalue weighted by Gasteiger charge is -2.41. The van der Waals surface area contributed by atoms with Crippen LogP contribution in [-0.2, 0) is 15.0 Å². The van der Waals surface area contributed by atoms with Gasteiger partial charge in [0.25, 0.3) is 0 Å². The van der Waals surface area contributed by atoms with E-state index in [0.717, 1.165) is 17.7 Å². The molecule has 1 aliphatic heterocycles. The lowest BCUT2D eigenvalue weighted by Crippen LogP contribution is -2.53. The minimum Gasteiger partial charge on any atom is -0.352 e. The number of rotatable bonds is 5. The zero-order chi connectivity index (χ0) is 22.2. The number of nitrogens with one attached hydrogen (secondary N) is 1. The minimum absolute atomic E-state index is 0.162. The predicted molar refractivity (Wildman–Crippen MR) is 110 cm³/mol. The molecule has 2 amide bonds. The summed E-state index contributed by atoms with van der Waals surface area (Å²) in [6, 6.07) is 11.1. The fraction of sp³-hybridized carbons (Fsp3) is 0.333. The van der Waals surface area contributed by atoms with Crippen LogP contribution in [0.4, 0.5) is 13.2 Å². The van der Waals surface area contributed by atoms with E-state index in [0.29, 0.717) is 37.9 Å². The van der Waals surface area contributed by atoms with Gasteiger partial charge in [-0.2, -0.15) is 0 Å². The fourth-order valence-electron chi connectivity index (χ4n) is 4.46. The molecule has 0 bridgehead atoms. The van der Waals surface area contributed by atoms with Crippen LogP contribution in [-0.4, -0.2) is 35.8 Å². The maximum Gasteiger partial charge on any atom is 0.245 e. The lowest BCUT2D eigenvalue weighted by molar-refractivity contribution is -0.134. The first-order valence-electron chi connectivity index (χ1n) is 10.3. The highest BCUT2D eigenvalue weighted by atomic mass is 19.2. The number of halogens is 3. The first kappa shape index (κ1) is 21.2. The number of nitrogens with zero attached hydrogens (tertiary/aromatic N) is 1. The SMILES string of the molecule is C=CC(=O)N1CCC(C(=O)N[C@@H]2C[C@H]2c2cc(F)c(F)c(F)c2)(c2ccccc2)CC1. The normalized spacial score (nSPS) is 22.0. The average molecular weight is 428 g/mol. The van der Waals surface area contributed by atoms with Crippen molar-refractivity contribution in [3.05, 3.63) is 83.7 Å². The van der Waals surface area contributed by atoms with E-state index in [9.17, 15) is 22.8 Å². The number of carbonyl (C=O) groups excluding carboxylic acids is 2. The summed E-state index contributed by atoms with van der Waals surface area (Å²) in [6.45, 7) is 4.37. The van der Waals surface area contributed by atoms with Crippen LogP contribution in [0.5, 0.6) is 0 Å². The van der Waals surface area contributed by atoms with Crippen LogP contribution in [0.25, 0.3) is 0 Å². The first-order valence-corrected chi connectivity index (χ1v) is 10.3. The Morgan fingerprint density at radius 1 is 1.06 bits per heavy atom. The van der Waals surface area contributed by atoms with Crippen LogP contribution in [0.1, 0.15) is 36.3 Å². The van der Waals surface area contributed by atoms with E-state index in [2.05, 4.69) is 11.9 Å². The van der Waals surface area contributed by atoms with Crippen molar-refractivity contribution in [1.82, 2.24) is 10.2 Å². The molecule has 4 nitrogen and oxygen atoms in total. The Labute approximate surface area is 178 Å². The van der Waals surface area contributed by atoms with Crippen LogP contribution in [0.15, 0.2) is 55.1 Å². The van der Waals surface area contributed by atoms with Crippen LogP contribution < -0.4 is 5.32 Å². The van der Waals surface area contributed by atoms with Gasteiger partial charge >= 0.3 is 0 Å². The molecule has 1 saturated heterocycles. The number of piperidine rings is 1. The van der Waals surface area contributed by atoms with Crippen molar-refractivity contribution in [1.29, 1.82) is 0 Å². The van der Waals surface area contributed by atoms with Crippen molar-refractivity contribution in [2.75, 3.05) is 13.1 Å². The van der Waals surface area contributed by atoms with Crippen molar-refractivity contribution in [2.24, 2.45) is 0 Å². The standard InChI is InChI=1S/C24H23F3N2O2/c1-2-21(30)29-10-8-24(9-11-29,16-6-4-3-5-7-16)23(31)28-20-14-17(20)15-12-18(25)22(27)19(26)13-15/h2-7,12-13,17,20H,1,8-11,14H2,(H,28,31)/t17-,20+/m0/s1. The highest BCUT2D eigenvalue weighted by molar-refractivity contribution is 5.90. The molecule has 2 aliphatic rings. The molecule has 1 aliphatic carbocycles. The molecule has 0 spiro atoms. The fourth-order valence-corrected chi connectivity index (χ4v) is 4.46. The topological polar surface area (TPSA) is 49.4 Å². The van der Waals surface area contributed by atoms with Crippen molar-refractivity contribution in [3.8, 4) is 0 Å². The smallest absolute Gasteiger partial charge is 0.245 e. The van der Waals surface area contributed by atoms with Crippen LogP contribution in [0.3, 0.4) is 0 Å². The maximum absolute atomic E-state index is 13.6. The Kier molecular flexibility index (Phi) is 5.60. The molecule has 0 aromatic heterocycles. The zero-order valence-corrected chi connectivity index (χ0v) is 16.9. The number of hydrogen-bond acceptors (Lipinski definition) is 2. The first-order chi connectivity index (χ1) is 14.9. The molecule has 2 fully saturated rings.